The molecule has 0 amide bonds. The van der Waals surface area contributed by atoms with E-state index < -0.39 is 0 Å². The van der Waals surface area contributed by atoms with E-state index in [9.17, 15) is 0 Å². The van der Waals surface area contributed by atoms with Crippen LogP contribution < -0.4 is 0 Å². The average molecular weight is 593 g/mol. The zero-order chi connectivity index (χ0) is 28.8. The van der Waals surface area contributed by atoms with Gasteiger partial charge in [0.05, 0.1) is 0 Å². The minimum absolute atomic E-state index is 1.26. The molecule has 0 N–H and O–H groups in total. The lowest BCUT2D eigenvalue weighted by Gasteiger charge is -2.17. The smallest absolute Gasteiger partial charge is 0.0362 e. The van der Waals surface area contributed by atoms with Gasteiger partial charge in [-0.2, -0.15) is 0 Å². The second-order valence-corrected chi connectivity index (χ2v) is 13.8. The van der Waals surface area contributed by atoms with Crippen molar-refractivity contribution in [3.8, 4) is 22.3 Å². The quantitative estimate of drug-likeness (QED) is 0.175. The maximum Gasteiger partial charge on any atom is 0.0362 e. The van der Waals surface area contributed by atoms with Crippen molar-refractivity contribution in [2.24, 2.45) is 0 Å². The van der Waals surface area contributed by atoms with Crippen LogP contribution in [-0.4, -0.2) is 0 Å². The zero-order valence-electron chi connectivity index (χ0n) is 23.7. The van der Waals surface area contributed by atoms with E-state index in [1.165, 1.54) is 94.9 Å². The molecular weight excluding hydrogens is 569 g/mol. The highest BCUT2D eigenvalue weighted by Crippen LogP contribution is 2.48. The van der Waals surface area contributed by atoms with Crippen LogP contribution in [0.25, 0.3) is 94.9 Å². The molecule has 0 spiro atoms. The fourth-order valence-electron chi connectivity index (χ4n) is 7.41. The Balaban J connectivity index is 1.30. The molecule has 2 heteroatoms. The van der Waals surface area contributed by atoms with Crippen LogP contribution in [0.3, 0.4) is 0 Å². The summed E-state index contributed by atoms with van der Waals surface area (Å²) < 4.78 is 5.40. The second kappa shape index (κ2) is 9.24. The normalized spacial score (nSPS) is 12.1. The van der Waals surface area contributed by atoms with Gasteiger partial charge in [0, 0.05) is 45.7 Å². The topological polar surface area (TPSA) is 0 Å². The molecule has 0 unspecified atom stereocenters. The van der Waals surface area contributed by atoms with Gasteiger partial charge in [0.25, 0.3) is 0 Å². The molecule has 2 aromatic heterocycles. The van der Waals surface area contributed by atoms with Gasteiger partial charge < -0.3 is 0 Å². The summed E-state index contributed by atoms with van der Waals surface area (Å²) in [5, 5.41) is 13.4. The molecule has 2 heterocycles. The Bertz CT molecular complexity index is 2700. The van der Waals surface area contributed by atoms with Crippen molar-refractivity contribution >= 4 is 95.3 Å². The summed E-state index contributed by atoms with van der Waals surface area (Å²) in [5.74, 6) is 0. The van der Waals surface area contributed by atoms with Crippen LogP contribution in [-0.2, 0) is 0 Å². The standard InChI is InChI=1S/C42H24S2/c1-2-10-25(11-3-1)38-28-12-4-6-14-30(28)39(31-15-7-5-13-29(31)38)27-18-21-33-37(24-27)44-36-23-20-26-19-22-35-41(40(26)42(33)36)32-16-8-9-17-34(32)43-35/h1-24H. The van der Waals surface area contributed by atoms with E-state index in [0.717, 1.165) is 0 Å². The van der Waals surface area contributed by atoms with Crippen LogP contribution in [0.5, 0.6) is 0 Å². The van der Waals surface area contributed by atoms with Gasteiger partial charge in [0.1, 0.15) is 0 Å². The fraction of sp³-hybridized carbons (Fsp3) is 0. The Morgan fingerprint density at radius 3 is 1.43 bits per heavy atom. The predicted molar refractivity (Wildman–Crippen MR) is 196 cm³/mol. The first kappa shape index (κ1) is 24.4. The van der Waals surface area contributed by atoms with E-state index in [1.54, 1.807) is 0 Å². The van der Waals surface area contributed by atoms with Crippen molar-refractivity contribution in [2.45, 2.75) is 0 Å². The molecule has 0 atom stereocenters. The SMILES string of the molecule is c1ccc(-c2c3ccccc3c(-c3ccc4c(c3)sc3ccc5ccc6sc7ccccc7c6c5c34)c3ccccc23)cc1. The van der Waals surface area contributed by atoms with Crippen molar-refractivity contribution in [1.29, 1.82) is 0 Å². The molecule has 0 aliphatic rings. The van der Waals surface area contributed by atoms with Crippen LogP contribution in [0.1, 0.15) is 0 Å². The van der Waals surface area contributed by atoms with E-state index in [2.05, 4.69) is 146 Å². The van der Waals surface area contributed by atoms with Crippen molar-refractivity contribution in [3.63, 3.8) is 0 Å². The summed E-state index contributed by atoms with van der Waals surface area (Å²) in [6.45, 7) is 0. The molecule has 0 aliphatic carbocycles. The molecule has 10 aromatic rings. The Morgan fingerprint density at radius 2 is 0.795 bits per heavy atom. The summed E-state index contributed by atoms with van der Waals surface area (Å²) in [5.41, 5.74) is 5.14. The van der Waals surface area contributed by atoms with Gasteiger partial charge in [-0.25, -0.2) is 0 Å². The Labute approximate surface area is 262 Å². The number of benzene rings is 8. The third kappa shape index (κ3) is 3.38. The summed E-state index contributed by atoms with van der Waals surface area (Å²) in [6, 6.07) is 54.0. The third-order valence-electron chi connectivity index (χ3n) is 9.24. The van der Waals surface area contributed by atoms with Crippen LogP contribution in [0.15, 0.2) is 146 Å². The molecule has 44 heavy (non-hydrogen) atoms. The Hall–Kier alpha value is -5.02. The maximum absolute atomic E-state index is 2.44. The molecule has 0 nitrogen and oxygen atoms in total. The van der Waals surface area contributed by atoms with E-state index in [1.807, 2.05) is 22.7 Å². The largest absolute Gasteiger partial charge is 0.135 e. The Morgan fingerprint density at radius 1 is 0.295 bits per heavy atom. The number of hydrogen-bond donors (Lipinski definition) is 0. The molecular formula is C42H24S2. The lowest BCUT2D eigenvalue weighted by Crippen LogP contribution is -1.90. The molecule has 10 rings (SSSR count). The molecule has 0 radical (unpaired) electrons. The first-order valence-corrected chi connectivity index (χ1v) is 16.7. The number of thiophene rings is 2. The maximum atomic E-state index is 2.44. The van der Waals surface area contributed by atoms with Crippen molar-refractivity contribution < 1.29 is 0 Å². The number of rotatable bonds is 2. The lowest BCUT2D eigenvalue weighted by molar-refractivity contribution is 1.66. The molecule has 0 fully saturated rings. The first-order chi connectivity index (χ1) is 21.8. The minimum Gasteiger partial charge on any atom is -0.135 e. The van der Waals surface area contributed by atoms with Crippen LogP contribution in [0.2, 0.25) is 0 Å². The molecule has 8 aromatic carbocycles. The van der Waals surface area contributed by atoms with Crippen molar-refractivity contribution in [1.82, 2.24) is 0 Å². The van der Waals surface area contributed by atoms with Crippen LogP contribution in [0, 0.1) is 0 Å². The van der Waals surface area contributed by atoms with Gasteiger partial charge in [0.15, 0.2) is 0 Å². The van der Waals surface area contributed by atoms with Crippen molar-refractivity contribution in [3.05, 3.63) is 146 Å². The zero-order valence-corrected chi connectivity index (χ0v) is 25.3. The Kier molecular flexibility index (Phi) is 5.13. The van der Waals surface area contributed by atoms with E-state index >= 15 is 0 Å². The number of fused-ring (bicyclic) bond motifs is 11. The molecule has 0 aliphatic heterocycles. The van der Waals surface area contributed by atoms with E-state index in [-0.39, 0.29) is 0 Å². The van der Waals surface area contributed by atoms with Crippen LogP contribution in [0.4, 0.5) is 0 Å². The highest BCUT2D eigenvalue weighted by molar-refractivity contribution is 7.27. The van der Waals surface area contributed by atoms with Crippen LogP contribution >= 0.6 is 22.7 Å². The predicted octanol–water partition coefficient (Wildman–Crippen LogP) is 13.2. The molecule has 0 saturated heterocycles. The van der Waals surface area contributed by atoms with Crippen molar-refractivity contribution in [2.75, 3.05) is 0 Å². The van der Waals surface area contributed by atoms with Gasteiger partial charge in [-0.1, -0.05) is 121 Å². The first-order valence-electron chi connectivity index (χ1n) is 15.0. The van der Waals surface area contributed by atoms with Gasteiger partial charge in [-0.3, -0.25) is 0 Å². The van der Waals surface area contributed by atoms with E-state index in [0.29, 0.717) is 0 Å². The van der Waals surface area contributed by atoms with Gasteiger partial charge in [-0.15, -0.1) is 22.7 Å². The van der Waals surface area contributed by atoms with Gasteiger partial charge in [-0.05, 0) is 73.5 Å². The second-order valence-electron chi connectivity index (χ2n) is 11.6. The third-order valence-corrected chi connectivity index (χ3v) is 11.5. The minimum atomic E-state index is 1.26. The monoisotopic (exact) mass is 592 g/mol. The fourth-order valence-corrected chi connectivity index (χ4v) is 9.67. The molecule has 204 valence electrons. The lowest BCUT2D eigenvalue weighted by atomic mass is 9.86. The van der Waals surface area contributed by atoms with Gasteiger partial charge in [0.2, 0.25) is 0 Å². The summed E-state index contributed by atoms with van der Waals surface area (Å²) in [4.78, 5) is 0. The van der Waals surface area contributed by atoms with E-state index in [4.69, 9.17) is 0 Å². The summed E-state index contributed by atoms with van der Waals surface area (Å²) in [7, 11) is 0. The highest BCUT2D eigenvalue weighted by atomic mass is 32.1. The summed E-state index contributed by atoms with van der Waals surface area (Å²) in [6.07, 6.45) is 0. The number of hydrogen-bond acceptors (Lipinski definition) is 2. The molecule has 0 bridgehead atoms. The summed E-state index contributed by atoms with van der Waals surface area (Å²) >= 11 is 3.81. The average Bonchev–Trinajstić information content (AvgIpc) is 3.65. The highest BCUT2D eigenvalue weighted by Gasteiger charge is 2.19. The molecule has 0 saturated carbocycles. The van der Waals surface area contributed by atoms with Gasteiger partial charge >= 0.3 is 0 Å².